The van der Waals surface area contributed by atoms with E-state index in [1.165, 1.54) is 27.8 Å². The molecule has 1 N–H and O–H groups in total. The van der Waals surface area contributed by atoms with Crippen LogP contribution in [0.25, 0.3) is 0 Å². The molecule has 0 radical (unpaired) electrons. The van der Waals surface area contributed by atoms with E-state index < -0.39 is 10.0 Å². The van der Waals surface area contributed by atoms with Crippen LogP contribution in [-0.4, -0.2) is 41.9 Å². The zero-order valence-electron chi connectivity index (χ0n) is 15.9. The van der Waals surface area contributed by atoms with E-state index in [2.05, 4.69) is 22.4 Å². The summed E-state index contributed by atoms with van der Waals surface area (Å²) in [7, 11) is -3.82. The molecular weight excluding hydrogens is 455 g/mol. The number of piperidine rings is 1. The Bertz CT molecular complexity index is 953. The number of hydrogen-bond acceptors (Lipinski definition) is 6. The van der Waals surface area contributed by atoms with Crippen LogP contribution in [0.15, 0.2) is 23.1 Å². The van der Waals surface area contributed by atoms with E-state index in [9.17, 15) is 13.2 Å². The van der Waals surface area contributed by atoms with Crippen LogP contribution in [0.2, 0.25) is 10.0 Å². The smallest absolute Gasteiger partial charge is 0.246 e. The lowest BCUT2D eigenvalue weighted by Gasteiger charge is -2.30. The number of carbonyl (C=O) groups excluding carboxylic acids is 1. The highest BCUT2D eigenvalue weighted by Gasteiger charge is 2.34. The van der Waals surface area contributed by atoms with E-state index in [-0.39, 0.29) is 39.9 Å². The molecule has 0 atom stereocenters. The van der Waals surface area contributed by atoms with Gasteiger partial charge in [-0.3, -0.25) is 4.79 Å². The number of aromatic nitrogens is 2. The van der Waals surface area contributed by atoms with Crippen molar-refractivity contribution in [1.82, 2.24) is 14.5 Å². The quantitative estimate of drug-likeness (QED) is 0.645. The van der Waals surface area contributed by atoms with Crippen molar-refractivity contribution in [3.05, 3.63) is 33.3 Å². The van der Waals surface area contributed by atoms with Gasteiger partial charge in [0.2, 0.25) is 21.1 Å². The Balaban J connectivity index is 1.60. The standard InChI is InChI=1S/C18H22Cl2N4O3S2/c1-2-3-7-15-22-23-18(28-15)21-17(25)12-8-10-24(11-9-12)29(26,27)16-13(19)5-4-6-14(16)20/h4-6,12H,2-3,7-11H2,1H3,(H,21,23,25). The maximum Gasteiger partial charge on any atom is 0.246 e. The molecule has 1 aromatic carbocycles. The Morgan fingerprint density at radius 2 is 1.90 bits per heavy atom. The van der Waals surface area contributed by atoms with Crippen LogP contribution in [0.3, 0.4) is 0 Å². The molecule has 1 aliphatic heterocycles. The summed E-state index contributed by atoms with van der Waals surface area (Å²) in [5, 5.41) is 12.5. The zero-order valence-corrected chi connectivity index (χ0v) is 19.0. The molecule has 3 rings (SSSR count). The number of hydrogen-bond donors (Lipinski definition) is 1. The highest BCUT2D eigenvalue weighted by atomic mass is 35.5. The minimum atomic E-state index is -3.82. The maximum absolute atomic E-state index is 12.9. The largest absolute Gasteiger partial charge is 0.300 e. The number of aryl methyl sites for hydroxylation is 1. The van der Waals surface area contributed by atoms with E-state index in [4.69, 9.17) is 23.2 Å². The van der Waals surface area contributed by atoms with Crippen molar-refractivity contribution in [2.45, 2.75) is 43.9 Å². The number of sulfonamides is 1. The number of benzene rings is 1. The summed E-state index contributed by atoms with van der Waals surface area (Å²) in [6, 6.07) is 4.59. The molecule has 158 valence electrons. The first kappa shape index (κ1) is 22.4. The molecule has 0 aliphatic carbocycles. The topological polar surface area (TPSA) is 92.3 Å². The molecule has 0 spiro atoms. The number of nitrogens with one attached hydrogen (secondary N) is 1. The molecule has 1 fully saturated rings. The molecule has 7 nitrogen and oxygen atoms in total. The predicted molar refractivity (Wildman–Crippen MR) is 115 cm³/mol. The molecule has 1 amide bonds. The average Bonchev–Trinajstić information content (AvgIpc) is 3.13. The first-order valence-corrected chi connectivity index (χ1v) is 12.4. The van der Waals surface area contributed by atoms with Crippen LogP contribution >= 0.6 is 34.5 Å². The van der Waals surface area contributed by atoms with Gasteiger partial charge in [0.25, 0.3) is 0 Å². The third-order valence-electron chi connectivity index (χ3n) is 4.78. The Hall–Kier alpha value is -1.26. The summed E-state index contributed by atoms with van der Waals surface area (Å²) in [4.78, 5) is 12.5. The molecule has 11 heteroatoms. The number of anilines is 1. The molecular formula is C18H22Cl2N4O3S2. The minimum absolute atomic E-state index is 0.0836. The van der Waals surface area contributed by atoms with Gasteiger partial charge in [0.05, 0.1) is 10.0 Å². The third-order valence-corrected chi connectivity index (χ3v) is 8.54. The van der Waals surface area contributed by atoms with Crippen LogP contribution in [-0.2, 0) is 21.2 Å². The molecule has 1 aromatic heterocycles. The van der Waals surface area contributed by atoms with E-state index in [1.807, 2.05) is 0 Å². The van der Waals surface area contributed by atoms with Crippen molar-refractivity contribution in [1.29, 1.82) is 0 Å². The summed E-state index contributed by atoms with van der Waals surface area (Å²) in [6.45, 7) is 2.55. The minimum Gasteiger partial charge on any atom is -0.300 e. The Labute approximate surface area is 184 Å². The second-order valence-corrected chi connectivity index (χ2v) is 10.6. The van der Waals surface area contributed by atoms with E-state index in [0.29, 0.717) is 18.0 Å². The van der Waals surface area contributed by atoms with Gasteiger partial charge in [-0.2, -0.15) is 4.31 Å². The molecule has 2 aromatic rings. The van der Waals surface area contributed by atoms with Crippen molar-refractivity contribution >= 4 is 55.6 Å². The van der Waals surface area contributed by atoms with Crippen molar-refractivity contribution in [3.8, 4) is 0 Å². The molecule has 1 aliphatic rings. The van der Waals surface area contributed by atoms with Gasteiger partial charge in [0, 0.05) is 25.4 Å². The summed E-state index contributed by atoms with van der Waals surface area (Å²) in [5.41, 5.74) is 0. The lowest BCUT2D eigenvalue weighted by molar-refractivity contribution is -0.120. The lowest BCUT2D eigenvalue weighted by atomic mass is 9.97. The number of amides is 1. The highest BCUT2D eigenvalue weighted by molar-refractivity contribution is 7.89. The van der Waals surface area contributed by atoms with Crippen molar-refractivity contribution in [2.24, 2.45) is 5.92 Å². The molecule has 2 heterocycles. The number of carbonyl (C=O) groups is 1. The highest BCUT2D eigenvalue weighted by Crippen LogP contribution is 2.33. The fourth-order valence-corrected chi connectivity index (χ4v) is 6.50. The second-order valence-electron chi connectivity index (χ2n) is 6.82. The van der Waals surface area contributed by atoms with Crippen LogP contribution in [0.1, 0.15) is 37.6 Å². The number of unbranched alkanes of at least 4 members (excludes halogenated alkanes) is 1. The van der Waals surface area contributed by atoms with E-state index in [1.54, 1.807) is 6.07 Å². The Morgan fingerprint density at radius 3 is 2.52 bits per heavy atom. The zero-order chi connectivity index (χ0) is 21.0. The average molecular weight is 477 g/mol. The van der Waals surface area contributed by atoms with Crippen molar-refractivity contribution < 1.29 is 13.2 Å². The van der Waals surface area contributed by atoms with Crippen LogP contribution in [0.5, 0.6) is 0 Å². The van der Waals surface area contributed by atoms with Gasteiger partial charge >= 0.3 is 0 Å². The van der Waals surface area contributed by atoms with Gasteiger partial charge in [-0.05, 0) is 31.4 Å². The first-order valence-electron chi connectivity index (χ1n) is 9.40. The van der Waals surface area contributed by atoms with Gasteiger partial charge < -0.3 is 5.32 Å². The summed E-state index contributed by atoms with van der Waals surface area (Å²) in [5.74, 6) is -0.442. The Kier molecular flexibility index (Phi) is 7.50. The van der Waals surface area contributed by atoms with Crippen molar-refractivity contribution in [3.63, 3.8) is 0 Å². The van der Waals surface area contributed by atoms with Crippen LogP contribution < -0.4 is 5.32 Å². The molecule has 1 saturated heterocycles. The number of nitrogens with zero attached hydrogens (tertiary/aromatic N) is 3. The summed E-state index contributed by atoms with van der Waals surface area (Å²) < 4.78 is 27.2. The molecule has 29 heavy (non-hydrogen) atoms. The van der Waals surface area contributed by atoms with Gasteiger partial charge in [0.1, 0.15) is 9.90 Å². The lowest BCUT2D eigenvalue weighted by Crippen LogP contribution is -2.41. The SMILES string of the molecule is CCCCc1nnc(NC(=O)C2CCN(S(=O)(=O)c3c(Cl)cccc3Cl)CC2)s1. The molecule has 0 bridgehead atoms. The summed E-state index contributed by atoms with van der Waals surface area (Å²) in [6.07, 6.45) is 3.78. The van der Waals surface area contributed by atoms with E-state index >= 15 is 0 Å². The van der Waals surface area contributed by atoms with Gasteiger partial charge in [-0.1, -0.05) is 53.9 Å². The fraction of sp³-hybridized carbons (Fsp3) is 0.500. The number of rotatable bonds is 7. The maximum atomic E-state index is 12.9. The van der Waals surface area contributed by atoms with Crippen LogP contribution in [0, 0.1) is 5.92 Å². The molecule has 0 unspecified atom stereocenters. The van der Waals surface area contributed by atoms with Gasteiger partial charge in [-0.25, -0.2) is 8.42 Å². The van der Waals surface area contributed by atoms with E-state index in [0.717, 1.165) is 24.3 Å². The predicted octanol–water partition coefficient (Wildman–Crippen LogP) is 4.23. The summed E-state index contributed by atoms with van der Waals surface area (Å²) >= 11 is 13.5. The van der Waals surface area contributed by atoms with Crippen molar-refractivity contribution in [2.75, 3.05) is 18.4 Å². The monoisotopic (exact) mass is 476 g/mol. The molecule has 0 saturated carbocycles. The van der Waals surface area contributed by atoms with Gasteiger partial charge in [0.15, 0.2) is 0 Å². The normalized spacial score (nSPS) is 16.1. The Morgan fingerprint density at radius 1 is 1.24 bits per heavy atom. The number of halogens is 2. The fourth-order valence-electron chi connectivity index (χ4n) is 3.16. The van der Waals surface area contributed by atoms with Crippen LogP contribution in [0.4, 0.5) is 5.13 Å². The third kappa shape index (κ3) is 5.27. The second kappa shape index (κ2) is 9.70. The van der Waals surface area contributed by atoms with Gasteiger partial charge in [-0.15, -0.1) is 10.2 Å². The first-order chi connectivity index (χ1) is 13.8.